The van der Waals surface area contributed by atoms with Crippen LogP contribution in [-0.4, -0.2) is 25.4 Å². The van der Waals surface area contributed by atoms with Crippen molar-refractivity contribution >= 4 is 28.4 Å². The third-order valence-electron chi connectivity index (χ3n) is 6.71. The number of amides is 1. The van der Waals surface area contributed by atoms with Crippen LogP contribution < -0.4 is 16.0 Å². The normalized spacial score (nSPS) is 11.7. The summed E-state index contributed by atoms with van der Waals surface area (Å²) in [7, 11) is 0. The van der Waals surface area contributed by atoms with Gasteiger partial charge in [-0.25, -0.2) is 4.98 Å². The van der Waals surface area contributed by atoms with Gasteiger partial charge in [0.25, 0.3) is 11.5 Å². The minimum Gasteiger partial charge on any atom is -0.486 e. The molecule has 0 atom stereocenters. The molecule has 3 N–H and O–H groups in total. The lowest BCUT2D eigenvalue weighted by molar-refractivity contribution is -0.138. The van der Waals surface area contributed by atoms with E-state index in [4.69, 9.17) is 22.1 Å². The molecule has 42 heavy (non-hydrogen) atoms. The van der Waals surface area contributed by atoms with Crippen molar-refractivity contribution in [3.63, 3.8) is 0 Å². The van der Waals surface area contributed by atoms with Crippen LogP contribution in [0.2, 0.25) is 5.02 Å². The summed E-state index contributed by atoms with van der Waals surface area (Å²) in [6.07, 6.45) is -3.02. The molecule has 0 spiro atoms. The van der Waals surface area contributed by atoms with Crippen molar-refractivity contribution in [1.82, 2.24) is 19.5 Å². The van der Waals surface area contributed by atoms with E-state index in [0.29, 0.717) is 45.4 Å². The lowest BCUT2D eigenvalue weighted by atomic mass is 10.0. The number of alkyl halides is 3. The van der Waals surface area contributed by atoms with Gasteiger partial charge >= 0.3 is 6.18 Å². The molecule has 0 fully saturated rings. The fourth-order valence-electron chi connectivity index (χ4n) is 4.78. The summed E-state index contributed by atoms with van der Waals surface area (Å²) in [6.45, 7) is 3.25. The van der Waals surface area contributed by atoms with Crippen LogP contribution in [0, 0.1) is 13.8 Å². The molecule has 0 aliphatic rings. The Labute approximate surface area is 242 Å². The number of rotatable bonds is 8. The zero-order valence-electron chi connectivity index (χ0n) is 22.6. The average Bonchev–Trinajstić information content (AvgIpc) is 3.38. The largest absolute Gasteiger partial charge is 0.486 e. The number of nitrogens with one attached hydrogen (secondary N) is 1. The number of pyridine rings is 3. The Bertz CT molecular complexity index is 1880. The van der Waals surface area contributed by atoms with Crippen molar-refractivity contribution in [3.8, 4) is 5.75 Å². The number of halogens is 4. The first-order valence-corrected chi connectivity index (χ1v) is 13.2. The molecule has 0 aliphatic carbocycles. The highest BCUT2D eigenvalue weighted by atomic mass is 35.5. The number of aromatic amines is 1. The number of carbonyl (C=O) groups excluding carboxylic acids is 1. The van der Waals surface area contributed by atoms with Crippen LogP contribution in [-0.2, 0) is 25.7 Å². The van der Waals surface area contributed by atoms with Crippen molar-refractivity contribution < 1.29 is 22.7 Å². The monoisotopic (exact) mass is 595 g/mol. The summed E-state index contributed by atoms with van der Waals surface area (Å²) in [4.78, 5) is 36.2. The number of H-pyrrole nitrogens is 1. The molecule has 0 bridgehead atoms. The smallest absolute Gasteiger partial charge is 0.421 e. The fraction of sp³-hybridized carbons (Fsp3) is 0.200. The number of aromatic nitrogens is 4. The molecule has 12 heteroatoms. The molecule has 0 unspecified atom stereocenters. The van der Waals surface area contributed by atoms with E-state index in [1.165, 1.54) is 12.3 Å². The maximum atomic E-state index is 13.3. The third-order valence-corrected chi connectivity index (χ3v) is 7.05. The van der Waals surface area contributed by atoms with Crippen LogP contribution in [0.1, 0.15) is 50.0 Å². The molecule has 0 aliphatic heterocycles. The molecule has 0 radical (unpaired) electrons. The van der Waals surface area contributed by atoms with Gasteiger partial charge < -0.3 is 20.0 Å². The van der Waals surface area contributed by atoms with E-state index in [9.17, 15) is 22.8 Å². The molecular weight excluding hydrogens is 571 g/mol. The standard InChI is InChI=1S/C30H25ClF3N5O3/c1-16-11-18(13-19-8-9-24(38-19)28(35)40)20-5-3-7-26(27(20)37-16)42-15-21-23(31)12-17(2)36-25(21)14-39-10-4-6-22(29(39)41)30(32,33)34/h3-12,38H,13-15H2,1-2H3,(H2,35,40). The van der Waals surface area contributed by atoms with Gasteiger partial charge in [-0.15, -0.1) is 0 Å². The predicted octanol–water partition coefficient (Wildman–Crippen LogP) is 5.73. The number of nitrogens with two attached hydrogens (primary N) is 1. The minimum atomic E-state index is -4.78. The van der Waals surface area contributed by atoms with E-state index >= 15 is 0 Å². The van der Waals surface area contributed by atoms with Gasteiger partial charge in [0, 0.05) is 40.6 Å². The van der Waals surface area contributed by atoms with E-state index < -0.39 is 23.2 Å². The molecule has 8 nitrogen and oxygen atoms in total. The van der Waals surface area contributed by atoms with Gasteiger partial charge in [-0.3, -0.25) is 14.6 Å². The van der Waals surface area contributed by atoms with E-state index in [2.05, 4.69) is 15.0 Å². The van der Waals surface area contributed by atoms with Gasteiger partial charge in [-0.1, -0.05) is 23.7 Å². The van der Waals surface area contributed by atoms with Crippen LogP contribution >= 0.6 is 11.6 Å². The second kappa shape index (κ2) is 11.3. The Morgan fingerprint density at radius 2 is 1.83 bits per heavy atom. The van der Waals surface area contributed by atoms with Gasteiger partial charge in [0.1, 0.15) is 29.1 Å². The number of para-hydroxylation sites is 1. The summed E-state index contributed by atoms with van der Waals surface area (Å²) in [5, 5.41) is 1.14. The molecule has 216 valence electrons. The number of carbonyl (C=O) groups is 1. The summed E-state index contributed by atoms with van der Waals surface area (Å²) >= 11 is 6.55. The maximum absolute atomic E-state index is 13.3. The maximum Gasteiger partial charge on any atom is 0.421 e. The number of hydrogen-bond donors (Lipinski definition) is 2. The molecule has 0 saturated carbocycles. The second-order valence-electron chi connectivity index (χ2n) is 9.83. The van der Waals surface area contributed by atoms with E-state index in [-0.39, 0.29) is 13.2 Å². The van der Waals surface area contributed by atoms with Crippen molar-refractivity contribution in [3.05, 3.63) is 121 Å². The Hall–Kier alpha value is -4.64. The number of fused-ring (bicyclic) bond motifs is 1. The molecule has 4 aromatic heterocycles. The van der Waals surface area contributed by atoms with Crippen LogP contribution in [0.25, 0.3) is 10.9 Å². The molecule has 4 heterocycles. The third kappa shape index (κ3) is 6.01. The highest BCUT2D eigenvalue weighted by molar-refractivity contribution is 6.31. The first kappa shape index (κ1) is 28.9. The van der Waals surface area contributed by atoms with Gasteiger partial charge in [0.05, 0.1) is 17.3 Å². The van der Waals surface area contributed by atoms with Gasteiger partial charge in [-0.2, -0.15) is 13.2 Å². The number of aryl methyl sites for hydroxylation is 2. The van der Waals surface area contributed by atoms with Crippen molar-refractivity contribution in [2.45, 2.75) is 39.6 Å². The Morgan fingerprint density at radius 1 is 1.07 bits per heavy atom. The summed E-state index contributed by atoms with van der Waals surface area (Å²) in [6, 6.07) is 14.4. The molecule has 1 aromatic carbocycles. The summed E-state index contributed by atoms with van der Waals surface area (Å²) in [5.74, 6) is -0.0881. The summed E-state index contributed by atoms with van der Waals surface area (Å²) in [5.41, 5.74) is 7.61. The van der Waals surface area contributed by atoms with Crippen molar-refractivity contribution in [2.75, 3.05) is 0 Å². The number of ether oxygens (including phenoxy) is 1. The zero-order valence-corrected chi connectivity index (χ0v) is 23.3. The van der Waals surface area contributed by atoms with E-state index in [1.54, 1.807) is 31.2 Å². The fourth-order valence-corrected chi connectivity index (χ4v) is 5.10. The highest BCUT2D eigenvalue weighted by Gasteiger charge is 2.34. The van der Waals surface area contributed by atoms with Crippen LogP contribution in [0.4, 0.5) is 13.2 Å². The van der Waals surface area contributed by atoms with E-state index in [1.807, 2.05) is 25.1 Å². The number of primary amides is 1. The van der Waals surface area contributed by atoms with Gasteiger partial charge in [0.2, 0.25) is 0 Å². The summed E-state index contributed by atoms with van der Waals surface area (Å²) < 4.78 is 47.1. The average molecular weight is 596 g/mol. The first-order valence-electron chi connectivity index (χ1n) is 12.8. The van der Waals surface area contributed by atoms with Crippen LogP contribution in [0.15, 0.2) is 65.6 Å². The zero-order chi connectivity index (χ0) is 30.2. The quantitative estimate of drug-likeness (QED) is 0.238. The van der Waals surface area contributed by atoms with Gasteiger partial charge in [-0.05, 0) is 61.9 Å². The number of benzene rings is 1. The Kier molecular flexibility index (Phi) is 7.79. The molecule has 5 aromatic rings. The first-order chi connectivity index (χ1) is 19.9. The van der Waals surface area contributed by atoms with Gasteiger partial charge in [0.15, 0.2) is 0 Å². The Morgan fingerprint density at radius 3 is 2.55 bits per heavy atom. The topological polar surface area (TPSA) is 116 Å². The number of hydrogen-bond acceptors (Lipinski definition) is 5. The minimum absolute atomic E-state index is 0.0716. The SMILES string of the molecule is Cc1cc(Cl)c(COc2cccc3c(Cc4ccc(C(N)=O)[nH]4)cc(C)nc23)c(Cn2cccc(C(F)(F)F)c2=O)n1. The highest BCUT2D eigenvalue weighted by Crippen LogP contribution is 2.31. The molecule has 5 rings (SSSR count). The van der Waals surface area contributed by atoms with E-state index in [0.717, 1.165) is 33.0 Å². The second-order valence-corrected chi connectivity index (χ2v) is 10.2. The van der Waals surface area contributed by atoms with Crippen molar-refractivity contribution in [1.29, 1.82) is 0 Å². The Balaban J connectivity index is 1.47. The van der Waals surface area contributed by atoms with Crippen LogP contribution in [0.3, 0.4) is 0 Å². The molecule has 1 amide bonds. The molecular formula is C30H25ClF3N5O3. The lowest BCUT2D eigenvalue weighted by Crippen LogP contribution is -2.29. The van der Waals surface area contributed by atoms with Crippen molar-refractivity contribution in [2.24, 2.45) is 5.73 Å². The predicted molar refractivity (Wildman–Crippen MR) is 152 cm³/mol. The van der Waals surface area contributed by atoms with Crippen LogP contribution in [0.5, 0.6) is 5.75 Å². The lowest BCUT2D eigenvalue weighted by Gasteiger charge is -2.16. The molecule has 0 saturated heterocycles. The number of nitrogens with zero attached hydrogens (tertiary/aromatic N) is 3.